The molecule has 4 rings (SSSR count). The highest BCUT2D eigenvalue weighted by molar-refractivity contribution is 5.78. The molecule has 214 valence electrons. The van der Waals surface area contributed by atoms with Gasteiger partial charge in [0.05, 0.1) is 33.0 Å². The molecule has 1 saturated heterocycles. The van der Waals surface area contributed by atoms with Gasteiger partial charge in [-0.05, 0) is 23.6 Å². The third kappa shape index (κ3) is 7.71. The van der Waals surface area contributed by atoms with Gasteiger partial charge in [0.1, 0.15) is 24.4 Å². The number of aliphatic hydroxyl groups excluding tert-OH is 1. The van der Waals surface area contributed by atoms with Gasteiger partial charge in [0, 0.05) is 0 Å². The summed E-state index contributed by atoms with van der Waals surface area (Å²) in [5.41, 5.74) is 2.49. The number of carbonyl (C=O) groups excluding carboxylic acids is 1. The van der Waals surface area contributed by atoms with Crippen molar-refractivity contribution in [3.05, 3.63) is 108 Å². The van der Waals surface area contributed by atoms with Crippen molar-refractivity contribution in [2.24, 2.45) is 0 Å². The van der Waals surface area contributed by atoms with Crippen LogP contribution in [0, 0.1) is 0 Å². The molecule has 0 radical (unpaired) electrons. The van der Waals surface area contributed by atoms with E-state index in [1.807, 2.05) is 91.0 Å². The zero-order chi connectivity index (χ0) is 28.4. The number of hydrogen-bond donors (Lipinski definition) is 1. The van der Waals surface area contributed by atoms with Crippen LogP contribution in [-0.2, 0) is 48.3 Å². The topological polar surface area (TPSA) is 83.5 Å². The number of alkyl halides is 2. The van der Waals surface area contributed by atoms with Crippen LogP contribution in [0.2, 0.25) is 0 Å². The van der Waals surface area contributed by atoms with Gasteiger partial charge in [0.25, 0.3) is 0 Å². The van der Waals surface area contributed by atoms with Gasteiger partial charge in [0.2, 0.25) is 0 Å². The maximum absolute atomic E-state index is 15.3. The van der Waals surface area contributed by atoms with E-state index < -0.39 is 42.4 Å². The predicted molar refractivity (Wildman–Crippen MR) is 142 cm³/mol. The normalized spacial score (nSPS) is 23.1. The first kappa shape index (κ1) is 29.8. The first-order valence-corrected chi connectivity index (χ1v) is 13.2. The van der Waals surface area contributed by atoms with E-state index >= 15 is 8.78 Å². The van der Waals surface area contributed by atoms with Gasteiger partial charge in [-0.25, -0.2) is 4.79 Å². The van der Waals surface area contributed by atoms with Crippen molar-refractivity contribution in [3.63, 3.8) is 0 Å². The van der Waals surface area contributed by atoms with E-state index in [0.29, 0.717) is 0 Å². The lowest BCUT2D eigenvalue weighted by Crippen LogP contribution is -2.66. The number of rotatable bonds is 13. The fraction of sp³-hybridized carbons (Fsp3) is 0.387. The van der Waals surface area contributed by atoms with Crippen molar-refractivity contribution in [1.82, 2.24) is 0 Å². The van der Waals surface area contributed by atoms with Crippen molar-refractivity contribution in [3.8, 4) is 0 Å². The van der Waals surface area contributed by atoms with E-state index in [0.717, 1.165) is 16.7 Å². The third-order valence-corrected chi connectivity index (χ3v) is 6.53. The highest BCUT2D eigenvalue weighted by atomic mass is 19.3. The average molecular weight is 557 g/mol. The van der Waals surface area contributed by atoms with Crippen molar-refractivity contribution >= 4 is 5.97 Å². The molecule has 0 amide bonds. The van der Waals surface area contributed by atoms with E-state index in [2.05, 4.69) is 4.74 Å². The fourth-order valence-electron chi connectivity index (χ4n) is 4.50. The largest absolute Gasteiger partial charge is 0.461 e. The second-order valence-corrected chi connectivity index (χ2v) is 9.45. The van der Waals surface area contributed by atoms with Gasteiger partial charge in [-0.2, -0.15) is 8.78 Å². The van der Waals surface area contributed by atoms with Crippen LogP contribution in [0.3, 0.4) is 0 Å². The highest BCUT2D eigenvalue weighted by Crippen LogP contribution is 2.36. The molecule has 1 aliphatic heterocycles. The van der Waals surface area contributed by atoms with Gasteiger partial charge >= 0.3 is 11.9 Å². The summed E-state index contributed by atoms with van der Waals surface area (Å²) in [6.45, 7) is 1.35. The monoisotopic (exact) mass is 556 g/mol. The van der Waals surface area contributed by atoms with Crippen molar-refractivity contribution in [2.45, 2.75) is 63.2 Å². The molecule has 40 heavy (non-hydrogen) atoms. The molecular weight excluding hydrogens is 522 g/mol. The van der Waals surface area contributed by atoms with Crippen LogP contribution in [0.15, 0.2) is 91.0 Å². The summed E-state index contributed by atoms with van der Waals surface area (Å²) in [4.78, 5) is 12.2. The number of carbonyl (C=O) groups is 1. The van der Waals surface area contributed by atoms with E-state index in [9.17, 15) is 9.90 Å². The molecule has 1 aliphatic rings. The Balaban J connectivity index is 1.60. The molecule has 5 atom stereocenters. The van der Waals surface area contributed by atoms with E-state index in [1.165, 1.54) is 6.92 Å². The summed E-state index contributed by atoms with van der Waals surface area (Å²) in [7, 11) is 0. The second kappa shape index (κ2) is 14.4. The number of aliphatic hydroxyl groups is 1. The number of hydrogen-bond acceptors (Lipinski definition) is 7. The number of halogens is 2. The first-order valence-electron chi connectivity index (χ1n) is 13.2. The molecule has 9 heteroatoms. The summed E-state index contributed by atoms with van der Waals surface area (Å²) in [6.07, 6.45) is -7.51. The molecule has 1 N–H and O–H groups in total. The third-order valence-electron chi connectivity index (χ3n) is 6.53. The SMILES string of the molecule is CCOC(=O)C(F)(F)C1O[C@H](COCc2ccccc2)[C@@H](OCc2ccccc2)[C@H](OCc2ccccc2)C1O. The van der Waals surface area contributed by atoms with Crippen molar-refractivity contribution < 1.29 is 42.4 Å². The molecule has 0 bridgehead atoms. The molecule has 0 saturated carbocycles. The molecule has 1 fully saturated rings. The molecule has 1 heterocycles. The predicted octanol–water partition coefficient (Wildman–Crippen LogP) is 4.70. The quantitative estimate of drug-likeness (QED) is 0.306. The van der Waals surface area contributed by atoms with Crippen LogP contribution in [-0.4, -0.2) is 60.7 Å². The molecule has 3 aromatic carbocycles. The van der Waals surface area contributed by atoms with E-state index in [-0.39, 0.29) is 33.0 Å². The van der Waals surface area contributed by atoms with Crippen molar-refractivity contribution in [1.29, 1.82) is 0 Å². The smallest absolute Gasteiger partial charge is 0.379 e. The van der Waals surface area contributed by atoms with E-state index in [4.69, 9.17) is 18.9 Å². The molecule has 2 unspecified atom stereocenters. The van der Waals surface area contributed by atoms with Crippen molar-refractivity contribution in [2.75, 3.05) is 13.2 Å². The molecule has 0 aliphatic carbocycles. The Kier molecular flexibility index (Phi) is 10.7. The van der Waals surface area contributed by atoms with Gasteiger partial charge in [-0.15, -0.1) is 0 Å². The standard InChI is InChI=1S/C31H34F2O7/c1-2-37-30(35)31(32,33)29-26(34)28(39-20-24-16-10-5-11-17-24)27(38-19-23-14-8-4-9-15-23)25(40-29)21-36-18-22-12-6-3-7-13-22/h3-17,25-29,34H,2,18-21H2,1H3/t25-,26?,27-,28-,29?/m1/s1. The average Bonchev–Trinajstić information content (AvgIpc) is 2.98. The summed E-state index contributed by atoms with van der Waals surface area (Å²) in [6, 6.07) is 27.7. The van der Waals surface area contributed by atoms with Crippen LogP contribution in [0.25, 0.3) is 0 Å². The molecule has 7 nitrogen and oxygen atoms in total. The first-order chi connectivity index (χ1) is 19.4. The molecular formula is C31H34F2O7. The molecule has 3 aromatic rings. The molecule has 0 spiro atoms. The number of benzene rings is 3. The summed E-state index contributed by atoms with van der Waals surface area (Å²) >= 11 is 0. The van der Waals surface area contributed by atoms with Crippen LogP contribution >= 0.6 is 0 Å². The van der Waals surface area contributed by atoms with Crippen LogP contribution in [0.4, 0.5) is 8.78 Å². The van der Waals surface area contributed by atoms with Crippen LogP contribution in [0.5, 0.6) is 0 Å². The van der Waals surface area contributed by atoms with Gasteiger partial charge in [-0.3, -0.25) is 0 Å². The summed E-state index contributed by atoms with van der Waals surface area (Å²) < 4.78 is 59.0. The minimum absolute atomic E-state index is 0.0169. The minimum atomic E-state index is -4.15. The highest BCUT2D eigenvalue weighted by Gasteiger charge is 2.60. The lowest BCUT2D eigenvalue weighted by Gasteiger charge is -2.45. The Morgan fingerprint density at radius 2 is 1.27 bits per heavy atom. The van der Waals surface area contributed by atoms with Gasteiger partial charge < -0.3 is 28.8 Å². The van der Waals surface area contributed by atoms with Gasteiger partial charge in [0.15, 0.2) is 6.10 Å². The lowest BCUT2D eigenvalue weighted by atomic mass is 9.91. The Morgan fingerprint density at radius 1 is 0.800 bits per heavy atom. The van der Waals surface area contributed by atoms with E-state index in [1.54, 1.807) is 0 Å². The Morgan fingerprint density at radius 3 is 1.77 bits per heavy atom. The maximum atomic E-state index is 15.3. The summed E-state index contributed by atoms with van der Waals surface area (Å²) in [5, 5.41) is 11.2. The minimum Gasteiger partial charge on any atom is -0.461 e. The maximum Gasteiger partial charge on any atom is 0.379 e. The second-order valence-electron chi connectivity index (χ2n) is 9.45. The fourth-order valence-corrected chi connectivity index (χ4v) is 4.50. The van der Waals surface area contributed by atoms with Crippen LogP contribution in [0.1, 0.15) is 23.6 Å². The van der Waals surface area contributed by atoms with Gasteiger partial charge in [-0.1, -0.05) is 91.0 Å². The number of ether oxygens (including phenoxy) is 5. The molecule has 0 aromatic heterocycles. The Labute approximate surface area is 232 Å². The lowest BCUT2D eigenvalue weighted by molar-refractivity contribution is -0.298. The zero-order valence-corrected chi connectivity index (χ0v) is 22.2. The zero-order valence-electron chi connectivity index (χ0n) is 22.2. The van der Waals surface area contributed by atoms with Crippen LogP contribution < -0.4 is 0 Å². The Hall–Kier alpha value is -3.21. The number of esters is 1. The summed E-state index contributed by atoms with van der Waals surface area (Å²) in [5.74, 6) is -5.93. The Bertz CT molecular complexity index is 1160.